The molecule has 1 amide bonds. The van der Waals surface area contributed by atoms with Gasteiger partial charge in [0.2, 0.25) is 5.91 Å². The Hall–Kier alpha value is -2.87. The van der Waals surface area contributed by atoms with Gasteiger partial charge in [0.25, 0.3) is 0 Å². The third-order valence-electron chi connectivity index (χ3n) is 3.39. The average Bonchev–Trinajstić information content (AvgIpc) is 2.99. The molecule has 0 saturated carbocycles. The van der Waals surface area contributed by atoms with Crippen molar-refractivity contribution < 1.29 is 23.8 Å². The van der Waals surface area contributed by atoms with Gasteiger partial charge in [-0.1, -0.05) is 17.4 Å². The third-order valence-corrected chi connectivity index (χ3v) is 4.44. The van der Waals surface area contributed by atoms with Crippen molar-refractivity contribution in [1.82, 2.24) is 4.98 Å². The van der Waals surface area contributed by atoms with Gasteiger partial charge in [-0.05, 0) is 30.7 Å². The number of carbonyl (C=O) groups is 2. The first-order chi connectivity index (χ1) is 12.1. The minimum atomic E-state index is -0.470. The second kappa shape index (κ2) is 7.35. The molecule has 1 aromatic carbocycles. The van der Waals surface area contributed by atoms with Crippen molar-refractivity contribution in [1.29, 1.82) is 0 Å². The SMILES string of the molecule is COC(=O)c1sc(NC(=O)C=Cc2ccc3c(c2)OCCO3)nc1C. The molecule has 0 saturated heterocycles. The zero-order chi connectivity index (χ0) is 17.8. The summed E-state index contributed by atoms with van der Waals surface area (Å²) in [4.78, 5) is 28.1. The van der Waals surface area contributed by atoms with E-state index in [0.717, 1.165) is 16.9 Å². The lowest BCUT2D eigenvalue weighted by Gasteiger charge is -2.18. The van der Waals surface area contributed by atoms with Crippen LogP contribution in [0.25, 0.3) is 6.08 Å². The fourth-order valence-corrected chi connectivity index (χ4v) is 3.10. The largest absolute Gasteiger partial charge is 0.486 e. The highest BCUT2D eigenvalue weighted by molar-refractivity contribution is 7.17. The van der Waals surface area contributed by atoms with Gasteiger partial charge in [0.1, 0.15) is 18.1 Å². The Bertz CT molecular complexity index is 844. The number of rotatable bonds is 4. The van der Waals surface area contributed by atoms with Crippen LogP contribution in [0.3, 0.4) is 0 Å². The van der Waals surface area contributed by atoms with E-state index in [9.17, 15) is 9.59 Å². The maximum absolute atomic E-state index is 12.0. The second-order valence-corrected chi connectivity index (χ2v) is 6.15. The zero-order valence-electron chi connectivity index (χ0n) is 13.7. The van der Waals surface area contributed by atoms with Gasteiger partial charge in [0.15, 0.2) is 16.6 Å². The summed E-state index contributed by atoms with van der Waals surface area (Å²) in [7, 11) is 1.30. The van der Waals surface area contributed by atoms with Crippen molar-refractivity contribution in [3.8, 4) is 11.5 Å². The molecule has 3 rings (SSSR count). The number of nitrogens with one attached hydrogen (secondary N) is 1. The van der Waals surface area contributed by atoms with Crippen LogP contribution < -0.4 is 14.8 Å². The Balaban J connectivity index is 1.66. The van der Waals surface area contributed by atoms with Crippen molar-refractivity contribution in [3.63, 3.8) is 0 Å². The van der Waals surface area contributed by atoms with Crippen molar-refractivity contribution in [3.05, 3.63) is 40.4 Å². The molecule has 8 heteroatoms. The van der Waals surface area contributed by atoms with Crippen LogP contribution in [0.5, 0.6) is 11.5 Å². The topological polar surface area (TPSA) is 86.8 Å². The smallest absolute Gasteiger partial charge is 0.350 e. The van der Waals surface area contributed by atoms with Crippen molar-refractivity contribution in [2.24, 2.45) is 0 Å². The van der Waals surface area contributed by atoms with E-state index >= 15 is 0 Å². The van der Waals surface area contributed by atoms with E-state index < -0.39 is 5.97 Å². The Kier molecular flexibility index (Phi) is 4.99. The maximum atomic E-state index is 12.0. The summed E-state index contributed by atoms with van der Waals surface area (Å²) in [5.41, 5.74) is 1.33. The highest BCUT2D eigenvalue weighted by atomic mass is 32.1. The van der Waals surface area contributed by atoms with Gasteiger partial charge in [-0.15, -0.1) is 0 Å². The average molecular weight is 360 g/mol. The normalized spacial score (nSPS) is 12.9. The highest BCUT2D eigenvalue weighted by Gasteiger charge is 2.16. The Morgan fingerprint density at radius 3 is 2.80 bits per heavy atom. The van der Waals surface area contributed by atoms with E-state index in [-0.39, 0.29) is 5.91 Å². The number of ether oxygens (including phenoxy) is 3. The first kappa shape index (κ1) is 17.0. The fraction of sp³-hybridized carbons (Fsp3) is 0.235. The Morgan fingerprint density at radius 1 is 1.28 bits per heavy atom. The van der Waals surface area contributed by atoms with Crippen LogP contribution in [0.2, 0.25) is 0 Å². The summed E-state index contributed by atoms with van der Waals surface area (Å²) in [6.07, 6.45) is 3.05. The first-order valence-electron chi connectivity index (χ1n) is 7.51. The lowest BCUT2D eigenvalue weighted by atomic mass is 10.2. The number of methoxy groups -OCH3 is 1. The Labute approximate surface area is 148 Å². The molecule has 2 heterocycles. The molecule has 2 aromatic rings. The van der Waals surface area contributed by atoms with Crippen LogP contribution >= 0.6 is 11.3 Å². The van der Waals surface area contributed by atoms with Gasteiger partial charge in [-0.3, -0.25) is 10.1 Å². The van der Waals surface area contributed by atoms with E-state index in [1.165, 1.54) is 13.2 Å². The lowest BCUT2D eigenvalue weighted by Crippen LogP contribution is -2.15. The van der Waals surface area contributed by atoms with Crippen molar-refractivity contribution in [2.45, 2.75) is 6.92 Å². The number of aryl methyl sites for hydroxylation is 1. The molecule has 0 radical (unpaired) electrons. The number of carbonyl (C=O) groups excluding carboxylic acids is 2. The molecule has 0 fully saturated rings. The minimum Gasteiger partial charge on any atom is -0.486 e. The number of thiazole rings is 1. The Morgan fingerprint density at radius 2 is 2.04 bits per heavy atom. The van der Waals surface area contributed by atoms with Gasteiger partial charge in [-0.2, -0.15) is 0 Å². The summed E-state index contributed by atoms with van der Waals surface area (Å²) in [6, 6.07) is 5.44. The molecule has 0 atom stereocenters. The van der Waals surface area contributed by atoms with Crippen LogP contribution in [0.4, 0.5) is 5.13 Å². The summed E-state index contributed by atoms with van der Waals surface area (Å²) < 4.78 is 15.6. The quantitative estimate of drug-likeness (QED) is 0.666. The molecule has 1 aromatic heterocycles. The second-order valence-electron chi connectivity index (χ2n) is 5.15. The fourth-order valence-electron chi connectivity index (χ4n) is 2.21. The van der Waals surface area contributed by atoms with Crippen LogP contribution in [-0.4, -0.2) is 37.2 Å². The number of fused-ring (bicyclic) bond motifs is 1. The minimum absolute atomic E-state index is 0.342. The van der Waals surface area contributed by atoms with Gasteiger partial charge in [0.05, 0.1) is 12.8 Å². The molecule has 0 spiro atoms. The van der Waals surface area contributed by atoms with Gasteiger partial charge in [-0.25, -0.2) is 9.78 Å². The number of hydrogen-bond acceptors (Lipinski definition) is 7. The molecular formula is C17H16N2O5S. The molecule has 130 valence electrons. The number of anilines is 1. The van der Waals surface area contributed by atoms with E-state index in [1.807, 2.05) is 6.07 Å². The van der Waals surface area contributed by atoms with Crippen LogP contribution in [-0.2, 0) is 9.53 Å². The van der Waals surface area contributed by atoms with E-state index in [1.54, 1.807) is 25.1 Å². The predicted molar refractivity (Wildman–Crippen MR) is 93.3 cm³/mol. The number of amides is 1. The molecule has 1 aliphatic rings. The molecule has 0 bridgehead atoms. The molecular weight excluding hydrogens is 344 g/mol. The van der Waals surface area contributed by atoms with Crippen LogP contribution in [0.15, 0.2) is 24.3 Å². The van der Waals surface area contributed by atoms with E-state index in [0.29, 0.717) is 40.4 Å². The molecule has 0 unspecified atom stereocenters. The number of hydrogen-bond donors (Lipinski definition) is 1. The highest BCUT2D eigenvalue weighted by Crippen LogP contribution is 2.31. The van der Waals surface area contributed by atoms with Gasteiger partial charge in [0, 0.05) is 6.08 Å². The first-order valence-corrected chi connectivity index (χ1v) is 8.33. The third kappa shape index (κ3) is 3.97. The van der Waals surface area contributed by atoms with Gasteiger partial charge >= 0.3 is 5.97 Å². The maximum Gasteiger partial charge on any atom is 0.350 e. The monoisotopic (exact) mass is 360 g/mol. The van der Waals surface area contributed by atoms with E-state index in [4.69, 9.17) is 9.47 Å². The summed E-state index contributed by atoms with van der Waals surface area (Å²) >= 11 is 1.07. The van der Waals surface area contributed by atoms with Crippen LogP contribution in [0.1, 0.15) is 20.9 Å². The number of nitrogens with zero attached hydrogens (tertiary/aromatic N) is 1. The zero-order valence-corrected chi connectivity index (χ0v) is 14.5. The van der Waals surface area contributed by atoms with Crippen LogP contribution in [0, 0.1) is 6.92 Å². The summed E-state index contributed by atoms with van der Waals surface area (Å²) in [5.74, 6) is 0.538. The molecule has 25 heavy (non-hydrogen) atoms. The number of esters is 1. The molecule has 7 nitrogen and oxygen atoms in total. The molecule has 0 aliphatic carbocycles. The van der Waals surface area contributed by atoms with Crippen molar-refractivity contribution >= 4 is 34.4 Å². The number of benzene rings is 1. The predicted octanol–water partition coefficient (Wildman–Crippen LogP) is 2.66. The van der Waals surface area contributed by atoms with E-state index in [2.05, 4.69) is 15.0 Å². The van der Waals surface area contributed by atoms with Gasteiger partial charge < -0.3 is 14.2 Å². The summed E-state index contributed by atoms with van der Waals surface area (Å²) in [6.45, 7) is 2.72. The lowest BCUT2D eigenvalue weighted by molar-refractivity contribution is -0.111. The molecule has 1 aliphatic heterocycles. The number of aromatic nitrogens is 1. The standard InChI is InChI=1S/C17H16N2O5S/c1-10-15(16(21)22-2)25-17(18-10)19-14(20)6-4-11-3-5-12-13(9-11)24-8-7-23-12/h3-6,9H,7-8H2,1-2H3,(H,18,19,20). The van der Waals surface area contributed by atoms with Crippen molar-refractivity contribution in [2.75, 3.05) is 25.6 Å². The molecule has 1 N–H and O–H groups in total. The summed E-state index contributed by atoms with van der Waals surface area (Å²) in [5, 5.41) is 2.97.